The molecule has 1 heterocycles. The second kappa shape index (κ2) is 10.00. The van der Waals surface area contributed by atoms with Crippen molar-refractivity contribution in [2.24, 2.45) is 0 Å². The number of rotatable bonds is 9. The number of hydrogen-bond acceptors (Lipinski definition) is 5. The van der Waals surface area contributed by atoms with E-state index in [1.54, 1.807) is 30.3 Å². The highest BCUT2D eigenvalue weighted by atomic mass is 79.9. The van der Waals surface area contributed by atoms with Crippen LogP contribution in [0.15, 0.2) is 47.4 Å². The van der Waals surface area contributed by atoms with Crippen LogP contribution in [0.4, 0.5) is 5.13 Å². The molecule has 0 unspecified atom stereocenters. The first-order valence-electron chi connectivity index (χ1n) is 9.76. The largest absolute Gasteiger partial charge is 0.298 e. The van der Waals surface area contributed by atoms with Crippen LogP contribution in [0.1, 0.15) is 42.6 Å². The van der Waals surface area contributed by atoms with Crippen LogP contribution in [-0.2, 0) is 15.4 Å². The van der Waals surface area contributed by atoms with Gasteiger partial charge in [-0.15, -0.1) is 0 Å². The Morgan fingerprint density at radius 3 is 2.37 bits per heavy atom. The Morgan fingerprint density at radius 1 is 1.10 bits per heavy atom. The summed E-state index contributed by atoms with van der Waals surface area (Å²) >= 11 is 4.65. The Labute approximate surface area is 189 Å². The smallest absolute Gasteiger partial charge is 0.257 e. The van der Waals surface area contributed by atoms with Crippen molar-refractivity contribution >= 4 is 58.5 Å². The van der Waals surface area contributed by atoms with E-state index in [1.165, 1.54) is 15.6 Å². The van der Waals surface area contributed by atoms with Gasteiger partial charge < -0.3 is 0 Å². The Morgan fingerprint density at radius 2 is 1.77 bits per heavy atom. The van der Waals surface area contributed by atoms with E-state index < -0.39 is 10.0 Å². The Bertz CT molecular complexity index is 1120. The highest BCUT2D eigenvalue weighted by molar-refractivity contribution is 9.08. The summed E-state index contributed by atoms with van der Waals surface area (Å²) in [6.45, 7) is 4.91. The molecule has 1 amide bonds. The van der Waals surface area contributed by atoms with Crippen LogP contribution in [0.2, 0.25) is 0 Å². The molecule has 0 aliphatic heterocycles. The summed E-state index contributed by atoms with van der Waals surface area (Å²) in [7, 11) is -3.56. The number of hydrogen-bond donors (Lipinski definition) is 1. The van der Waals surface area contributed by atoms with Crippen molar-refractivity contribution in [2.45, 2.75) is 36.9 Å². The van der Waals surface area contributed by atoms with Gasteiger partial charge in [0.05, 0.1) is 15.1 Å². The van der Waals surface area contributed by atoms with Crippen LogP contribution >= 0.6 is 27.3 Å². The molecule has 0 spiro atoms. The molecule has 3 rings (SSSR count). The summed E-state index contributed by atoms with van der Waals surface area (Å²) in [5.41, 5.74) is 2.28. The van der Waals surface area contributed by atoms with Gasteiger partial charge in [0.25, 0.3) is 5.91 Å². The fourth-order valence-electron chi connectivity index (χ4n) is 3.03. The number of carbonyl (C=O) groups is 1. The third kappa shape index (κ3) is 5.08. The molecule has 1 aromatic heterocycles. The lowest BCUT2D eigenvalue weighted by molar-refractivity contribution is 0.102. The minimum absolute atomic E-state index is 0.250. The van der Waals surface area contributed by atoms with Crippen molar-refractivity contribution in [2.75, 3.05) is 18.4 Å². The fraction of sp³-hybridized carbons (Fsp3) is 0.333. The molecule has 0 bridgehead atoms. The molecule has 1 N–H and O–H groups in total. The summed E-state index contributed by atoms with van der Waals surface area (Å²) < 4.78 is 28.3. The van der Waals surface area contributed by atoms with E-state index in [0.717, 1.165) is 23.7 Å². The maximum atomic E-state index is 13.0. The molecule has 3 aromatic rings. The maximum Gasteiger partial charge on any atom is 0.257 e. The molecule has 6 nitrogen and oxygen atoms in total. The maximum absolute atomic E-state index is 13.0. The molecular weight excluding hydrogens is 486 g/mol. The topological polar surface area (TPSA) is 79.4 Å². The minimum Gasteiger partial charge on any atom is -0.298 e. The van der Waals surface area contributed by atoms with Crippen molar-refractivity contribution in [3.05, 3.63) is 53.6 Å². The minimum atomic E-state index is -3.56. The van der Waals surface area contributed by atoms with Gasteiger partial charge >= 0.3 is 0 Å². The monoisotopic (exact) mass is 509 g/mol. The molecule has 0 saturated carbocycles. The van der Waals surface area contributed by atoms with Gasteiger partial charge in [-0.05, 0) is 48.7 Å². The van der Waals surface area contributed by atoms with Crippen molar-refractivity contribution < 1.29 is 13.2 Å². The highest BCUT2D eigenvalue weighted by Crippen LogP contribution is 2.29. The quantitative estimate of drug-likeness (QED) is 0.399. The molecule has 0 aliphatic rings. The number of alkyl halides is 1. The molecule has 0 aliphatic carbocycles. The lowest BCUT2D eigenvalue weighted by Crippen LogP contribution is -2.32. The number of benzene rings is 2. The van der Waals surface area contributed by atoms with Crippen LogP contribution in [0.3, 0.4) is 0 Å². The molecule has 30 heavy (non-hydrogen) atoms. The highest BCUT2D eigenvalue weighted by Gasteiger charge is 2.24. The van der Waals surface area contributed by atoms with Crippen molar-refractivity contribution in [1.82, 2.24) is 9.29 Å². The molecule has 0 atom stereocenters. The first-order chi connectivity index (χ1) is 14.4. The summed E-state index contributed by atoms with van der Waals surface area (Å²) in [5.74, 6) is -0.250. The number of anilines is 1. The standard InChI is InChI=1S/C21H24BrN3O3S2/c1-3-11-25(12-4-2)30(27,28)17-9-10-18-19(13-17)29-21(23-18)24-20(26)16-7-5-15(14-22)6-8-16/h5-10,13H,3-4,11-12,14H2,1-2H3,(H,23,24,26). The summed E-state index contributed by atoms with van der Waals surface area (Å²) in [4.78, 5) is 17.2. The lowest BCUT2D eigenvalue weighted by Gasteiger charge is -2.20. The van der Waals surface area contributed by atoms with E-state index in [-0.39, 0.29) is 10.8 Å². The number of nitrogens with zero attached hydrogens (tertiary/aromatic N) is 2. The normalized spacial score (nSPS) is 11.9. The number of amides is 1. The second-order valence-electron chi connectivity index (χ2n) is 6.84. The Balaban J connectivity index is 1.84. The average molecular weight is 510 g/mol. The third-order valence-electron chi connectivity index (χ3n) is 4.53. The first kappa shape index (κ1) is 22.9. The van der Waals surface area contributed by atoms with E-state index in [9.17, 15) is 13.2 Å². The van der Waals surface area contributed by atoms with Crippen molar-refractivity contribution in [3.63, 3.8) is 0 Å². The van der Waals surface area contributed by atoms with Crippen LogP contribution in [0.5, 0.6) is 0 Å². The Kier molecular flexibility index (Phi) is 7.62. The number of aromatic nitrogens is 1. The predicted molar refractivity (Wildman–Crippen MR) is 126 cm³/mol. The summed E-state index contributed by atoms with van der Waals surface area (Å²) in [6.07, 6.45) is 1.52. The van der Waals surface area contributed by atoms with Crippen LogP contribution in [0, 0.1) is 0 Å². The zero-order valence-corrected chi connectivity index (χ0v) is 20.1. The molecule has 0 saturated heterocycles. The van der Waals surface area contributed by atoms with Crippen molar-refractivity contribution in [1.29, 1.82) is 0 Å². The second-order valence-corrected chi connectivity index (χ2v) is 10.4. The summed E-state index contributed by atoms with van der Waals surface area (Å²) in [5, 5.41) is 3.97. The van der Waals surface area contributed by atoms with Gasteiger partial charge in [0.1, 0.15) is 0 Å². The molecule has 0 radical (unpaired) electrons. The molecule has 9 heteroatoms. The van der Waals surface area contributed by atoms with Gasteiger partial charge in [-0.1, -0.05) is 53.2 Å². The van der Waals surface area contributed by atoms with Gasteiger partial charge in [0.2, 0.25) is 10.0 Å². The van der Waals surface area contributed by atoms with E-state index in [1.807, 2.05) is 26.0 Å². The van der Waals surface area contributed by atoms with Gasteiger partial charge in [-0.2, -0.15) is 4.31 Å². The van der Waals surface area contributed by atoms with Gasteiger partial charge in [-0.25, -0.2) is 13.4 Å². The van der Waals surface area contributed by atoms with Crippen molar-refractivity contribution in [3.8, 4) is 0 Å². The number of sulfonamides is 1. The number of thiazole rings is 1. The lowest BCUT2D eigenvalue weighted by atomic mass is 10.1. The SMILES string of the molecule is CCCN(CCC)S(=O)(=O)c1ccc2nc(NC(=O)c3ccc(CBr)cc3)sc2c1. The van der Waals surface area contributed by atoms with Gasteiger partial charge in [0, 0.05) is 24.0 Å². The third-order valence-corrected chi connectivity index (χ3v) is 8.01. The zero-order chi connectivity index (χ0) is 21.7. The predicted octanol–water partition coefficient (Wildman–Crippen LogP) is 5.25. The number of carbonyl (C=O) groups excluding carboxylic acids is 1. The Hall–Kier alpha value is -1.81. The fourth-order valence-corrected chi connectivity index (χ4v) is 6.03. The number of fused-ring (bicyclic) bond motifs is 1. The number of halogens is 1. The van der Waals surface area contributed by atoms with E-state index >= 15 is 0 Å². The first-order valence-corrected chi connectivity index (χ1v) is 13.1. The van der Waals surface area contributed by atoms with Gasteiger partial charge in [-0.3, -0.25) is 10.1 Å². The van der Waals surface area contributed by atoms with Gasteiger partial charge in [0.15, 0.2) is 5.13 Å². The van der Waals surface area contributed by atoms with Crippen LogP contribution < -0.4 is 5.32 Å². The molecule has 160 valence electrons. The summed E-state index contributed by atoms with van der Waals surface area (Å²) in [6, 6.07) is 12.2. The van der Waals surface area contributed by atoms with Crippen LogP contribution in [-0.4, -0.2) is 36.7 Å². The van der Waals surface area contributed by atoms with E-state index in [4.69, 9.17) is 0 Å². The van der Waals surface area contributed by atoms with E-state index in [2.05, 4.69) is 26.2 Å². The average Bonchev–Trinajstić information content (AvgIpc) is 3.15. The van der Waals surface area contributed by atoms with E-state index in [0.29, 0.717) is 34.0 Å². The number of nitrogens with one attached hydrogen (secondary N) is 1. The molecule has 2 aromatic carbocycles. The molecular formula is C21H24BrN3O3S2. The molecule has 0 fully saturated rings. The van der Waals surface area contributed by atoms with Crippen LogP contribution in [0.25, 0.3) is 10.2 Å². The zero-order valence-electron chi connectivity index (χ0n) is 16.9.